The van der Waals surface area contributed by atoms with Gasteiger partial charge in [-0.3, -0.25) is 0 Å². The van der Waals surface area contributed by atoms with E-state index in [0.717, 1.165) is 18.4 Å². The molecule has 1 aromatic rings. The van der Waals surface area contributed by atoms with Crippen LogP contribution in [0.4, 0.5) is 4.79 Å². The van der Waals surface area contributed by atoms with Crippen molar-refractivity contribution in [3.63, 3.8) is 0 Å². The summed E-state index contributed by atoms with van der Waals surface area (Å²) in [4.78, 5) is 14.1. The molecule has 1 unspecified atom stereocenters. The summed E-state index contributed by atoms with van der Waals surface area (Å²) in [5.74, 6) is 0.244. The van der Waals surface area contributed by atoms with E-state index >= 15 is 0 Å². The van der Waals surface area contributed by atoms with Crippen LogP contribution >= 0.6 is 0 Å². The van der Waals surface area contributed by atoms with E-state index < -0.39 is 5.60 Å². The van der Waals surface area contributed by atoms with Crippen molar-refractivity contribution in [2.45, 2.75) is 52.2 Å². The van der Waals surface area contributed by atoms with Gasteiger partial charge in [-0.1, -0.05) is 13.0 Å². The molecule has 2 rings (SSSR count). The molecule has 0 fully saturated rings. The molecule has 4 heteroatoms. The number of hydrogen-bond donors (Lipinski definition) is 1. The van der Waals surface area contributed by atoms with Crippen LogP contribution in [0.5, 0.6) is 5.75 Å². The Morgan fingerprint density at radius 2 is 2.15 bits per heavy atom. The number of phenols is 1. The zero-order valence-electron chi connectivity index (χ0n) is 12.6. The van der Waals surface area contributed by atoms with Gasteiger partial charge in [0.15, 0.2) is 0 Å². The number of amides is 1. The topological polar surface area (TPSA) is 49.8 Å². The summed E-state index contributed by atoms with van der Waals surface area (Å²) in [6.07, 6.45) is 1.32. The van der Waals surface area contributed by atoms with Gasteiger partial charge < -0.3 is 14.7 Å². The number of rotatable bonds is 1. The first-order valence-corrected chi connectivity index (χ1v) is 7.13. The van der Waals surface area contributed by atoms with Crippen LogP contribution in [0.1, 0.15) is 51.3 Å². The number of carbonyl (C=O) groups excluding carboxylic acids is 1. The number of ether oxygens (including phenoxy) is 1. The zero-order valence-corrected chi connectivity index (χ0v) is 12.6. The molecule has 20 heavy (non-hydrogen) atoms. The van der Waals surface area contributed by atoms with Crippen molar-refractivity contribution in [1.82, 2.24) is 4.90 Å². The summed E-state index contributed by atoms with van der Waals surface area (Å²) in [6, 6.07) is 5.38. The Bertz CT molecular complexity index is 505. The average Bonchev–Trinajstić information content (AvgIpc) is 2.35. The van der Waals surface area contributed by atoms with Gasteiger partial charge in [-0.25, -0.2) is 4.79 Å². The summed E-state index contributed by atoms with van der Waals surface area (Å²) < 4.78 is 5.48. The highest BCUT2D eigenvalue weighted by Crippen LogP contribution is 2.35. The highest BCUT2D eigenvalue weighted by atomic mass is 16.6. The molecule has 0 radical (unpaired) electrons. The first-order chi connectivity index (χ1) is 9.31. The molecule has 1 amide bonds. The maximum absolute atomic E-state index is 12.3. The van der Waals surface area contributed by atoms with Crippen LogP contribution in [0.3, 0.4) is 0 Å². The van der Waals surface area contributed by atoms with Crippen LogP contribution in [0.2, 0.25) is 0 Å². The van der Waals surface area contributed by atoms with Crippen molar-refractivity contribution in [3.05, 3.63) is 29.3 Å². The third-order valence-electron chi connectivity index (χ3n) is 3.50. The Balaban J connectivity index is 2.27. The van der Waals surface area contributed by atoms with Crippen LogP contribution in [0.25, 0.3) is 0 Å². The minimum atomic E-state index is -0.492. The summed E-state index contributed by atoms with van der Waals surface area (Å²) in [6.45, 7) is 8.31. The summed E-state index contributed by atoms with van der Waals surface area (Å²) in [7, 11) is 0. The first kappa shape index (κ1) is 14.7. The standard InChI is InChI=1S/C16H23NO3/c1-5-14-13-10-12(18)7-6-11(13)8-9-17(14)15(19)20-16(2,3)4/h6-7,10,14,18H,5,8-9H2,1-4H3. The third kappa shape index (κ3) is 3.06. The summed E-state index contributed by atoms with van der Waals surface area (Å²) >= 11 is 0. The molecule has 0 aromatic heterocycles. The number of phenolic OH excluding ortho intramolecular Hbond substituents is 1. The Morgan fingerprint density at radius 1 is 1.45 bits per heavy atom. The summed E-state index contributed by atoms with van der Waals surface area (Å²) in [5, 5.41) is 9.68. The molecular formula is C16H23NO3. The smallest absolute Gasteiger partial charge is 0.410 e. The van der Waals surface area contributed by atoms with Gasteiger partial charge in [-0.15, -0.1) is 0 Å². The lowest BCUT2D eigenvalue weighted by Crippen LogP contribution is -2.42. The van der Waals surface area contributed by atoms with E-state index in [1.54, 1.807) is 17.0 Å². The Morgan fingerprint density at radius 3 is 2.75 bits per heavy atom. The van der Waals surface area contributed by atoms with Gasteiger partial charge in [-0.05, 0) is 56.9 Å². The number of hydrogen-bond acceptors (Lipinski definition) is 3. The van der Waals surface area contributed by atoms with Crippen LogP contribution < -0.4 is 0 Å². The largest absolute Gasteiger partial charge is 0.508 e. The highest BCUT2D eigenvalue weighted by Gasteiger charge is 2.32. The van der Waals surface area contributed by atoms with Crippen molar-refractivity contribution in [2.75, 3.05) is 6.54 Å². The SMILES string of the molecule is CCC1c2cc(O)ccc2CCN1C(=O)OC(C)(C)C. The van der Waals surface area contributed by atoms with Gasteiger partial charge in [0.05, 0.1) is 6.04 Å². The van der Waals surface area contributed by atoms with Gasteiger partial charge in [0.25, 0.3) is 0 Å². The number of aromatic hydroxyl groups is 1. The molecule has 0 saturated carbocycles. The van der Waals surface area contributed by atoms with Crippen molar-refractivity contribution >= 4 is 6.09 Å². The second kappa shape index (κ2) is 5.35. The highest BCUT2D eigenvalue weighted by molar-refractivity contribution is 5.69. The van der Waals surface area contributed by atoms with Crippen molar-refractivity contribution in [3.8, 4) is 5.75 Å². The molecule has 0 bridgehead atoms. The fourth-order valence-electron chi connectivity index (χ4n) is 2.66. The van der Waals surface area contributed by atoms with Crippen LogP contribution in [0, 0.1) is 0 Å². The van der Waals surface area contributed by atoms with Crippen molar-refractivity contribution in [2.24, 2.45) is 0 Å². The predicted octanol–water partition coefficient (Wildman–Crippen LogP) is 3.64. The zero-order chi connectivity index (χ0) is 14.9. The van der Waals surface area contributed by atoms with Gasteiger partial charge >= 0.3 is 6.09 Å². The molecule has 4 nitrogen and oxygen atoms in total. The quantitative estimate of drug-likeness (QED) is 0.852. The molecule has 0 saturated heterocycles. The third-order valence-corrected chi connectivity index (χ3v) is 3.50. The second-order valence-corrected chi connectivity index (χ2v) is 6.23. The van der Waals surface area contributed by atoms with E-state index in [0.29, 0.717) is 6.54 Å². The van der Waals surface area contributed by atoms with E-state index in [2.05, 4.69) is 0 Å². The monoisotopic (exact) mass is 277 g/mol. The molecule has 110 valence electrons. The minimum absolute atomic E-state index is 0.0271. The normalized spacial score (nSPS) is 18.6. The maximum Gasteiger partial charge on any atom is 0.410 e. The van der Waals surface area contributed by atoms with Crippen LogP contribution in [-0.4, -0.2) is 28.2 Å². The van der Waals surface area contributed by atoms with Gasteiger partial charge in [0, 0.05) is 6.54 Å². The lowest BCUT2D eigenvalue weighted by Gasteiger charge is -2.37. The lowest BCUT2D eigenvalue weighted by atomic mass is 9.91. The number of fused-ring (bicyclic) bond motifs is 1. The van der Waals surface area contributed by atoms with E-state index in [-0.39, 0.29) is 17.9 Å². The van der Waals surface area contributed by atoms with E-state index in [1.165, 1.54) is 5.56 Å². The van der Waals surface area contributed by atoms with E-state index in [1.807, 2.05) is 33.8 Å². The molecule has 1 aliphatic heterocycles. The number of nitrogens with zero attached hydrogens (tertiary/aromatic N) is 1. The average molecular weight is 277 g/mol. The maximum atomic E-state index is 12.3. The molecular weight excluding hydrogens is 254 g/mol. The molecule has 0 aliphatic carbocycles. The molecule has 1 N–H and O–H groups in total. The Labute approximate surface area is 120 Å². The molecule has 1 heterocycles. The van der Waals surface area contributed by atoms with E-state index in [4.69, 9.17) is 4.74 Å². The fourth-order valence-corrected chi connectivity index (χ4v) is 2.66. The first-order valence-electron chi connectivity index (χ1n) is 7.13. The minimum Gasteiger partial charge on any atom is -0.508 e. The van der Waals surface area contributed by atoms with Gasteiger partial charge in [0.2, 0.25) is 0 Å². The molecule has 1 aromatic carbocycles. The van der Waals surface area contributed by atoms with Crippen LogP contribution in [0.15, 0.2) is 18.2 Å². The van der Waals surface area contributed by atoms with Crippen molar-refractivity contribution in [1.29, 1.82) is 0 Å². The lowest BCUT2D eigenvalue weighted by molar-refractivity contribution is 0.0137. The molecule has 1 aliphatic rings. The van der Waals surface area contributed by atoms with E-state index in [9.17, 15) is 9.90 Å². The molecule has 1 atom stereocenters. The fraction of sp³-hybridized carbons (Fsp3) is 0.562. The molecule has 0 spiro atoms. The number of carbonyl (C=O) groups is 1. The van der Waals surface area contributed by atoms with Gasteiger partial charge in [-0.2, -0.15) is 0 Å². The van der Waals surface area contributed by atoms with Crippen molar-refractivity contribution < 1.29 is 14.6 Å². The predicted molar refractivity (Wildman–Crippen MR) is 77.8 cm³/mol. The summed E-state index contributed by atoms with van der Waals surface area (Å²) in [5.41, 5.74) is 1.74. The Hall–Kier alpha value is -1.71. The van der Waals surface area contributed by atoms with Crippen LogP contribution in [-0.2, 0) is 11.2 Å². The van der Waals surface area contributed by atoms with Gasteiger partial charge in [0.1, 0.15) is 11.4 Å². The number of benzene rings is 1. The Kier molecular flexibility index (Phi) is 3.93. The second-order valence-electron chi connectivity index (χ2n) is 6.23.